The van der Waals surface area contributed by atoms with E-state index in [0.717, 1.165) is 19.3 Å². The van der Waals surface area contributed by atoms with Gasteiger partial charge < -0.3 is 15.5 Å². The largest absolute Gasteiger partial charge is 0.504 e. The molecule has 1 aliphatic carbocycles. The van der Waals surface area contributed by atoms with Crippen LogP contribution in [0, 0.1) is 17.2 Å². The lowest BCUT2D eigenvalue weighted by atomic mass is 9.76. The van der Waals surface area contributed by atoms with Crippen LogP contribution < -0.4 is 5.32 Å². The molecule has 0 bridgehead atoms. The SMILES string of the molecule is CCC1CCC(C#N)(NC(=O)c2ccc(O)c(O)c2)CC1. The van der Waals surface area contributed by atoms with E-state index >= 15 is 0 Å². The molecule has 0 aliphatic heterocycles. The van der Waals surface area contributed by atoms with Gasteiger partial charge in [0, 0.05) is 5.56 Å². The number of phenolic OH excluding ortho intramolecular Hbond substituents is 2. The Morgan fingerprint density at radius 1 is 1.38 bits per heavy atom. The molecule has 1 aliphatic rings. The number of hydrogen-bond acceptors (Lipinski definition) is 4. The molecule has 0 spiro atoms. The van der Waals surface area contributed by atoms with E-state index in [1.807, 2.05) is 0 Å². The second-order valence-corrected chi connectivity index (χ2v) is 5.70. The van der Waals surface area contributed by atoms with Crippen molar-refractivity contribution >= 4 is 5.91 Å². The predicted molar refractivity (Wildman–Crippen MR) is 77.8 cm³/mol. The minimum Gasteiger partial charge on any atom is -0.504 e. The summed E-state index contributed by atoms with van der Waals surface area (Å²) in [5.41, 5.74) is -0.589. The first-order valence-corrected chi connectivity index (χ1v) is 7.25. The topological polar surface area (TPSA) is 93.4 Å². The van der Waals surface area contributed by atoms with Gasteiger partial charge in [0.15, 0.2) is 11.5 Å². The van der Waals surface area contributed by atoms with Crippen molar-refractivity contribution in [2.24, 2.45) is 5.92 Å². The zero-order valence-electron chi connectivity index (χ0n) is 12.1. The summed E-state index contributed by atoms with van der Waals surface area (Å²) in [6, 6.07) is 6.13. The minimum atomic E-state index is -0.823. The number of nitrogens with one attached hydrogen (secondary N) is 1. The molecular weight excluding hydrogens is 268 g/mol. The van der Waals surface area contributed by atoms with Crippen molar-refractivity contribution in [2.75, 3.05) is 0 Å². The van der Waals surface area contributed by atoms with Crippen LogP contribution in [-0.4, -0.2) is 21.7 Å². The lowest BCUT2D eigenvalue weighted by Gasteiger charge is -2.35. The van der Waals surface area contributed by atoms with E-state index in [-0.39, 0.29) is 17.1 Å². The summed E-state index contributed by atoms with van der Waals surface area (Å²) in [6.07, 6.45) is 4.27. The predicted octanol–water partition coefficient (Wildman–Crippen LogP) is 2.69. The maximum Gasteiger partial charge on any atom is 0.252 e. The van der Waals surface area contributed by atoms with E-state index in [1.54, 1.807) is 0 Å². The molecule has 1 aromatic carbocycles. The Labute approximate surface area is 124 Å². The van der Waals surface area contributed by atoms with Gasteiger partial charge in [0.25, 0.3) is 5.91 Å². The molecule has 21 heavy (non-hydrogen) atoms. The number of phenols is 2. The second kappa shape index (κ2) is 6.04. The number of amides is 1. The summed E-state index contributed by atoms with van der Waals surface area (Å²) in [6.45, 7) is 2.14. The van der Waals surface area contributed by atoms with Gasteiger partial charge in [-0.05, 0) is 49.8 Å². The highest BCUT2D eigenvalue weighted by atomic mass is 16.3. The Morgan fingerprint density at radius 2 is 2.05 bits per heavy atom. The fourth-order valence-electron chi connectivity index (χ4n) is 2.80. The van der Waals surface area contributed by atoms with Crippen LogP contribution >= 0.6 is 0 Å². The third kappa shape index (κ3) is 3.27. The second-order valence-electron chi connectivity index (χ2n) is 5.70. The maximum absolute atomic E-state index is 12.2. The molecule has 0 aromatic heterocycles. The van der Waals surface area contributed by atoms with Gasteiger partial charge in [0.05, 0.1) is 6.07 Å². The molecule has 0 unspecified atom stereocenters. The number of hydrogen-bond donors (Lipinski definition) is 3. The summed E-state index contributed by atoms with van der Waals surface area (Å²) < 4.78 is 0. The van der Waals surface area contributed by atoms with E-state index in [9.17, 15) is 20.3 Å². The molecule has 1 aromatic rings. The molecule has 112 valence electrons. The smallest absolute Gasteiger partial charge is 0.252 e. The zero-order valence-corrected chi connectivity index (χ0v) is 12.1. The fourth-order valence-corrected chi connectivity index (χ4v) is 2.80. The van der Waals surface area contributed by atoms with Crippen molar-refractivity contribution in [3.8, 4) is 17.6 Å². The highest BCUT2D eigenvalue weighted by Gasteiger charge is 2.36. The first-order chi connectivity index (χ1) is 9.99. The van der Waals surface area contributed by atoms with Crippen molar-refractivity contribution in [1.29, 1.82) is 5.26 Å². The number of aromatic hydroxyl groups is 2. The van der Waals surface area contributed by atoms with E-state index < -0.39 is 11.4 Å². The van der Waals surface area contributed by atoms with Crippen LogP contribution in [0.3, 0.4) is 0 Å². The normalized spacial score (nSPS) is 25.0. The molecule has 1 saturated carbocycles. The van der Waals surface area contributed by atoms with E-state index in [1.165, 1.54) is 18.2 Å². The van der Waals surface area contributed by atoms with E-state index in [4.69, 9.17) is 0 Å². The Kier molecular flexibility index (Phi) is 4.37. The van der Waals surface area contributed by atoms with Crippen LogP contribution in [0.2, 0.25) is 0 Å². The maximum atomic E-state index is 12.2. The van der Waals surface area contributed by atoms with Gasteiger partial charge in [-0.1, -0.05) is 13.3 Å². The van der Waals surface area contributed by atoms with Gasteiger partial charge in [-0.2, -0.15) is 5.26 Å². The molecule has 5 heteroatoms. The molecule has 0 atom stereocenters. The monoisotopic (exact) mass is 288 g/mol. The highest BCUT2D eigenvalue weighted by Crippen LogP contribution is 2.34. The van der Waals surface area contributed by atoms with Crippen LogP contribution in [0.4, 0.5) is 0 Å². The van der Waals surface area contributed by atoms with Gasteiger partial charge in [0.2, 0.25) is 0 Å². The summed E-state index contributed by atoms with van der Waals surface area (Å²) in [5, 5.41) is 31.0. The third-order valence-electron chi connectivity index (χ3n) is 4.34. The summed E-state index contributed by atoms with van der Waals surface area (Å²) in [7, 11) is 0. The molecule has 3 N–H and O–H groups in total. The molecular formula is C16H20N2O3. The highest BCUT2D eigenvalue weighted by molar-refractivity contribution is 5.95. The Hall–Kier alpha value is -2.22. The lowest BCUT2D eigenvalue weighted by molar-refractivity contribution is 0.0891. The van der Waals surface area contributed by atoms with Crippen molar-refractivity contribution in [3.63, 3.8) is 0 Å². The van der Waals surface area contributed by atoms with Gasteiger partial charge in [-0.25, -0.2) is 0 Å². The van der Waals surface area contributed by atoms with Gasteiger partial charge >= 0.3 is 0 Å². The molecule has 0 radical (unpaired) electrons. The summed E-state index contributed by atoms with van der Waals surface area (Å²) in [5.74, 6) is -0.392. The van der Waals surface area contributed by atoms with E-state index in [2.05, 4.69) is 18.3 Å². The van der Waals surface area contributed by atoms with Gasteiger partial charge in [-0.15, -0.1) is 0 Å². The number of benzene rings is 1. The molecule has 0 heterocycles. The first-order valence-electron chi connectivity index (χ1n) is 7.25. The third-order valence-corrected chi connectivity index (χ3v) is 4.34. The van der Waals surface area contributed by atoms with Crippen molar-refractivity contribution in [1.82, 2.24) is 5.32 Å². The quantitative estimate of drug-likeness (QED) is 0.745. The Balaban J connectivity index is 2.10. The van der Waals surface area contributed by atoms with Crippen molar-refractivity contribution in [2.45, 2.75) is 44.6 Å². The number of carbonyl (C=O) groups excluding carboxylic acids is 1. The first kappa shape index (κ1) is 15.2. The Bertz CT molecular complexity index is 569. The molecule has 2 rings (SSSR count). The van der Waals surface area contributed by atoms with Crippen LogP contribution in [0.25, 0.3) is 0 Å². The molecule has 1 amide bonds. The average Bonchev–Trinajstić information content (AvgIpc) is 2.50. The number of carbonyl (C=O) groups is 1. The zero-order chi connectivity index (χ0) is 15.5. The summed E-state index contributed by atoms with van der Waals surface area (Å²) in [4.78, 5) is 12.2. The number of rotatable bonds is 3. The van der Waals surface area contributed by atoms with Crippen LogP contribution in [0.15, 0.2) is 18.2 Å². The molecule has 5 nitrogen and oxygen atoms in total. The lowest BCUT2D eigenvalue weighted by Crippen LogP contribution is -2.49. The van der Waals surface area contributed by atoms with Crippen LogP contribution in [-0.2, 0) is 0 Å². The van der Waals surface area contributed by atoms with E-state index in [0.29, 0.717) is 18.8 Å². The molecule has 1 fully saturated rings. The van der Waals surface area contributed by atoms with Crippen LogP contribution in [0.5, 0.6) is 11.5 Å². The van der Waals surface area contributed by atoms with Gasteiger partial charge in [0.1, 0.15) is 5.54 Å². The fraction of sp³-hybridized carbons (Fsp3) is 0.500. The summed E-state index contributed by atoms with van der Waals surface area (Å²) >= 11 is 0. The van der Waals surface area contributed by atoms with Crippen LogP contribution in [0.1, 0.15) is 49.4 Å². The number of nitriles is 1. The Morgan fingerprint density at radius 3 is 2.57 bits per heavy atom. The van der Waals surface area contributed by atoms with Crippen molar-refractivity contribution < 1.29 is 15.0 Å². The average molecular weight is 288 g/mol. The standard InChI is InChI=1S/C16H20N2O3/c1-2-11-5-7-16(10-17,8-6-11)18-15(21)12-3-4-13(19)14(20)9-12/h3-4,9,11,19-20H,2,5-8H2,1H3,(H,18,21). The van der Waals surface area contributed by atoms with Crippen molar-refractivity contribution in [3.05, 3.63) is 23.8 Å². The minimum absolute atomic E-state index is 0.234. The molecule has 0 saturated heterocycles. The van der Waals surface area contributed by atoms with Gasteiger partial charge in [-0.3, -0.25) is 4.79 Å². The number of nitrogens with zero attached hydrogens (tertiary/aromatic N) is 1.